The van der Waals surface area contributed by atoms with Crippen LogP contribution in [0.2, 0.25) is 18.1 Å². The van der Waals surface area contributed by atoms with Gasteiger partial charge in [-0.3, -0.25) is 4.79 Å². The van der Waals surface area contributed by atoms with E-state index in [-0.39, 0.29) is 23.0 Å². The monoisotopic (exact) mass is 451 g/mol. The Kier molecular flexibility index (Phi) is 6.10. The number of ether oxygens (including phenoxy) is 1. The van der Waals surface area contributed by atoms with Crippen molar-refractivity contribution in [3.8, 4) is 17.0 Å². The van der Waals surface area contributed by atoms with Gasteiger partial charge in [-0.1, -0.05) is 20.8 Å². The molecule has 31 heavy (non-hydrogen) atoms. The maximum Gasteiger partial charge on any atom is 0.302 e. The molecule has 1 aromatic heterocycles. The number of pyridine rings is 1. The molecule has 1 aromatic carbocycles. The van der Waals surface area contributed by atoms with Crippen molar-refractivity contribution < 1.29 is 27.1 Å². The Hall–Kier alpha value is -2.19. The van der Waals surface area contributed by atoms with Crippen LogP contribution in [0.5, 0.6) is 5.75 Å². The van der Waals surface area contributed by atoms with Gasteiger partial charge in [0.05, 0.1) is 5.41 Å². The minimum Gasteiger partial charge on any atom is -0.490 e. The smallest absolute Gasteiger partial charge is 0.302 e. The lowest BCUT2D eigenvalue weighted by molar-refractivity contribution is 0.0673. The highest BCUT2D eigenvalue weighted by Crippen LogP contribution is 2.46. The standard InChI is InChI=1S/C23H28F3NO3Si/c1-22(2,3)31(5,6)30-13-23(4)12-29-20-16(23)11-17(19(28)21(25)26)27-18(20)14-7-9-15(24)10-8-14/h7-11,21H,12-13H2,1-6H3. The summed E-state index contributed by atoms with van der Waals surface area (Å²) in [4.78, 5) is 16.3. The summed E-state index contributed by atoms with van der Waals surface area (Å²) in [6.45, 7) is 13.2. The quantitative estimate of drug-likeness (QED) is 0.399. The molecule has 0 N–H and O–H groups in total. The van der Waals surface area contributed by atoms with Crippen LogP contribution in [0, 0.1) is 5.82 Å². The van der Waals surface area contributed by atoms with E-state index in [4.69, 9.17) is 9.16 Å². The van der Waals surface area contributed by atoms with Crippen molar-refractivity contribution in [3.63, 3.8) is 0 Å². The Bertz CT molecular complexity index is 987. The summed E-state index contributed by atoms with van der Waals surface area (Å²) in [5, 5.41) is -0.0000310. The molecule has 0 spiro atoms. The van der Waals surface area contributed by atoms with Crippen LogP contribution < -0.4 is 4.74 Å². The van der Waals surface area contributed by atoms with Crippen LogP contribution in [0.4, 0.5) is 13.2 Å². The second-order valence-electron chi connectivity index (χ2n) is 9.80. The van der Waals surface area contributed by atoms with Crippen molar-refractivity contribution in [3.05, 3.63) is 47.4 Å². The number of rotatable bonds is 6. The maximum atomic E-state index is 13.4. The zero-order chi connectivity index (χ0) is 23.2. The Balaban J connectivity index is 2.08. The third-order valence-corrected chi connectivity index (χ3v) is 10.8. The lowest BCUT2D eigenvalue weighted by atomic mass is 9.84. The highest BCUT2D eigenvalue weighted by atomic mass is 28.4. The molecule has 168 valence electrons. The number of alkyl halides is 2. The van der Waals surface area contributed by atoms with E-state index in [2.05, 4.69) is 38.8 Å². The zero-order valence-electron chi connectivity index (χ0n) is 18.7. The van der Waals surface area contributed by atoms with E-state index in [0.29, 0.717) is 23.5 Å². The van der Waals surface area contributed by atoms with Gasteiger partial charge in [0.15, 0.2) is 8.32 Å². The van der Waals surface area contributed by atoms with Crippen LogP contribution in [0.1, 0.15) is 43.7 Å². The molecule has 3 rings (SSSR count). The Morgan fingerprint density at radius 3 is 2.42 bits per heavy atom. The van der Waals surface area contributed by atoms with Gasteiger partial charge in [-0.05, 0) is 55.4 Å². The molecule has 1 aliphatic rings. The third-order valence-electron chi connectivity index (χ3n) is 6.28. The van der Waals surface area contributed by atoms with Crippen LogP contribution in [-0.2, 0) is 9.84 Å². The molecule has 0 saturated carbocycles. The fourth-order valence-corrected chi connectivity index (χ4v) is 4.27. The molecule has 2 heterocycles. The van der Waals surface area contributed by atoms with Crippen molar-refractivity contribution in [2.45, 2.75) is 57.7 Å². The summed E-state index contributed by atoms with van der Waals surface area (Å²) in [7, 11) is -2.08. The number of hydrogen-bond donors (Lipinski definition) is 0. The predicted molar refractivity (Wildman–Crippen MR) is 116 cm³/mol. The fourth-order valence-electron chi connectivity index (χ4n) is 3.15. The lowest BCUT2D eigenvalue weighted by Gasteiger charge is -2.38. The van der Waals surface area contributed by atoms with Gasteiger partial charge in [-0.2, -0.15) is 0 Å². The van der Waals surface area contributed by atoms with Gasteiger partial charge in [0.2, 0.25) is 5.78 Å². The molecule has 2 aromatic rings. The zero-order valence-corrected chi connectivity index (χ0v) is 19.7. The molecule has 0 bridgehead atoms. The summed E-state index contributed by atoms with van der Waals surface area (Å²) in [5.74, 6) is -1.38. The first kappa shape index (κ1) is 23.5. The first-order chi connectivity index (χ1) is 14.2. The van der Waals surface area contributed by atoms with Gasteiger partial charge < -0.3 is 9.16 Å². The van der Waals surface area contributed by atoms with E-state index in [1.165, 1.54) is 30.3 Å². The van der Waals surface area contributed by atoms with E-state index in [1.807, 2.05) is 6.92 Å². The molecule has 0 saturated heterocycles. The van der Waals surface area contributed by atoms with Gasteiger partial charge in [0, 0.05) is 17.7 Å². The molecule has 0 fully saturated rings. The first-order valence-corrected chi connectivity index (χ1v) is 13.1. The van der Waals surface area contributed by atoms with E-state index >= 15 is 0 Å². The third kappa shape index (κ3) is 4.55. The van der Waals surface area contributed by atoms with Crippen molar-refractivity contribution in [1.82, 2.24) is 4.98 Å². The number of carbonyl (C=O) groups excluding carboxylic acids is 1. The molecule has 1 unspecified atom stereocenters. The van der Waals surface area contributed by atoms with E-state index in [0.717, 1.165) is 0 Å². The van der Waals surface area contributed by atoms with Crippen LogP contribution in [-0.4, -0.2) is 38.7 Å². The van der Waals surface area contributed by atoms with Crippen molar-refractivity contribution in [2.24, 2.45) is 0 Å². The largest absolute Gasteiger partial charge is 0.490 e. The van der Waals surface area contributed by atoms with Crippen LogP contribution in [0.3, 0.4) is 0 Å². The number of benzene rings is 1. The number of fused-ring (bicyclic) bond motifs is 1. The highest BCUT2D eigenvalue weighted by molar-refractivity contribution is 6.74. The second kappa shape index (κ2) is 8.06. The average Bonchev–Trinajstić information content (AvgIpc) is 3.02. The van der Waals surface area contributed by atoms with Crippen LogP contribution >= 0.6 is 0 Å². The first-order valence-electron chi connectivity index (χ1n) is 10.2. The Labute approximate surface area is 181 Å². The molecule has 4 nitrogen and oxygen atoms in total. The minimum absolute atomic E-state index is 0.0000310. The maximum absolute atomic E-state index is 13.4. The number of hydrogen-bond acceptors (Lipinski definition) is 4. The van der Waals surface area contributed by atoms with E-state index in [1.54, 1.807) is 0 Å². The number of Topliss-reactive ketones (excluding diaryl/α,β-unsaturated/α-hetero) is 1. The Morgan fingerprint density at radius 2 is 1.87 bits per heavy atom. The van der Waals surface area contributed by atoms with Crippen LogP contribution in [0.25, 0.3) is 11.3 Å². The number of ketones is 1. The summed E-state index contributed by atoms with van der Waals surface area (Å²) in [6.07, 6.45) is -3.18. The number of nitrogens with zero attached hydrogens (tertiary/aromatic N) is 1. The van der Waals surface area contributed by atoms with Crippen LogP contribution in [0.15, 0.2) is 30.3 Å². The normalized spacial score (nSPS) is 18.8. The van der Waals surface area contributed by atoms with Gasteiger partial charge in [-0.25, -0.2) is 18.2 Å². The number of aromatic nitrogens is 1. The lowest BCUT2D eigenvalue weighted by Crippen LogP contribution is -2.45. The summed E-state index contributed by atoms with van der Waals surface area (Å²) in [5.41, 5.74) is 0.357. The number of halogens is 3. The van der Waals surface area contributed by atoms with E-state index in [9.17, 15) is 18.0 Å². The van der Waals surface area contributed by atoms with Gasteiger partial charge >= 0.3 is 6.43 Å². The molecule has 0 amide bonds. The molecule has 0 radical (unpaired) electrons. The summed E-state index contributed by atoms with van der Waals surface area (Å²) in [6, 6.07) is 6.86. The topological polar surface area (TPSA) is 48.4 Å². The minimum atomic E-state index is -3.18. The predicted octanol–water partition coefficient (Wildman–Crippen LogP) is 6.01. The molecule has 8 heteroatoms. The summed E-state index contributed by atoms with van der Waals surface area (Å²) < 4.78 is 52.1. The van der Waals surface area contributed by atoms with Gasteiger partial charge in [0.25, 0.3) is 0 Å². The molecular formula is C23H28F3NO3Si. The van der Waals surface area contributed by atoms with Gasteiger partial charge in [-0.15, -0.1) is 0 Å². The van der Waals surface area contributed by atoms with Crippen molar-refractivity contribution >= 4 is 14.1 Å². The molecule has 1 aliphatic heterocycles. The fraction of sp³-hybridized carbons (Fsp3) is 0.478. The SMILES string of the molecule is CC1(CO[Si](C)(C)C(C)(C)C)COc2c1cc(C(=O)C(F)F)nc2-c1ccc(F)cc1. The average molecular weight is 452 g/mol. The highest BCUT2D eigenvalue weighted by Gasteiger charge is 2.44. The van der Waals surface area contributed by atoms with Crippen molar-refractivity contribution in [1.29, 1.82) is 0 Å². The van der Waals surface area contributed by atoms with E-state index < -0.39 is 31.8 Å². The number of carbonyl (C=O) groups is 1. The Morgan fingerprint density at radius 1 is 1.26 bits per heavy atom. The summed E-state index contributed by atoms with van der Waals surface area (Å²) >= 11 is 0. The molecule has 1 atom stereocenters. The molecule has 0 aliphatic carbocycles. The second-order valence-corrected chi connectivity index (χ2v) is 14.6. The van der Waals surface area contributed by atoms with Gasteiger partial charge in [0.1, 0.15) is 29.6 Å². The molecular weight excluding hydrogens is 423 g/mol. The van der Waals surface area contributed by atoms with Crippen molar-refractivity contribution in [2.75, 3.05) is 13.2 Å².